The van der Waals surface area contributed by atoms with Gasteiger partial charge in [0.15, 0.2) is 0 Å². The lowest BCUT2D eigenvalue weighted by molar-refractivity contribution is -0.125. The van der Waals surface area contributed by atoms with Crippen molar-refractivity contribution in [1.29, 1.82) is 0 Å². The third kappa shape index (κ3) is 7.52. The molecule has 0 saturated heterocycles. The zero-order valence-corrected chi connectivity index (χ0v) is 23.8. The number of hydrogen-bond acceptors (Lipinski definition) is 5. The van der Waals surface area contributed by atoms with Crippen molar-refractivity contribution in [3.8, 4) is 5.75 Å². The van der Waals surface area contributed by atoms with E-state index in [4.69, 9.17) is 0 Å². The molecule has 3 N–H and O–H groups in total. The molecule has 5 rings (SSSR count). The number of likely N-dealkylation sites (N-methyl/N-ethyl adjacent to an activating group) is 1. The van der Waals surface area contributed by atoms with Gasteiger partial charge in [0, 0.05) is 49.8 Å². The summed E-state index contributed by atoms with van der Waals surface area (Å²) < 4.78 is 0. The van der Waals surface area contributed by atoms with Gasteiger partial charge in [-0.2, -0.15) is 5.10 Å². The highest BCUT2D eigenvalue weighted by atomic mass is 16.3. The van der Waals surface area contributed by atoms with Crippen LogP contribution < -0.4 is 5.32 Å². The standard InChI is InChI=1S/C33H39N5O3/c1-37(2)16-6-11-32(40)38-17-14-23(15-18-38)25-7-5-8-26(19-25)27(20-28-21-30(36-35-28)24-12-13-24)22-34-33(41)29-9-3-4-10-31(29)39/h3-11,14,19,21,24,27,39H,12-13,15-18,20,22H2,1-2H3,(H,34,41)(H,35,36)/b11-6+. The minimum atomic E-state index is -0.299. The van der Waals surface area contributed by atoms with Gasteiger partial charge in [-0.1, -0.05) is 48.6 Å². The SMILES string of the molecule is CN(C)C/C=C/C(=O)N1CC=C(c2cccc(C(CNC(=O)c3ccccc3O)Cc3cc(C4CC4)n[nH]3)c2)CC1. The van der Waals surface area contributed by atoms with E-state index in [2.05, 4.69) is 51.9 Å². The second-order valence-electron chi connectivity index (χ2n) is 11.3. The number of aromatic amines is 1. The number of carbonyl (C=O) groups is 2. The number of phenols is 1. The maximum Gasteiger partial charge on any atom is 0.255 e. The molecular weight excluding hydrogens is 514 g/mol. The van der Waals surface area contributed by atoms with Gasteiger partial charge in [0.25, 0.3) is 5.91 Å². The summed E-state index contributed by atoms with van der Waals surface area (Å²) in [6.45, 7) is 2.42. The molecule has 8 heteroatoms. The highest BCUT2D eigenvalue weighted by Gasteiger charge is 2.27. The van der Waals surface area contributed by atoms with Crippen LogP contribution in [0.2, 0.25) is 0 Å². The molecule has 0 radical (unpaired) electrons. The van der Waals surface area contributed by atoms with Gasteiger partial charge in [0.2, 0.25) is 5.91 Å². The zero-order chi connectivity index (χ0) is 28.8. The molecule has 2 aromatic carbocycles. The minimum Gasteiger partial charge on any atom is -0.507 e. The van der Waals surface area contributed by atoms with Crippen LogP contribution in [0.5, 0.6) is 5.75 Å². The van der Waals surface area contributed by atoms with E-state index in [1.165, 1.54) is 24.5 Å². The van der Waals surface area contributed by atoms with Crippen LogP contribution in [0.1, 0.15) is 64.0 Å². The number of H-pyrrole nitrogens is 1. The Bertz CT molecular complexity index is 1440. The topological polar surface area (TPSA) is 102 Å². The van der Waals surface area contributed by atoms with Crippen LogP contribution in [0.4, 0.5) is 0 Å². The molecular formula is C33H39N5O3. The van der Waals surface area contributed by atoms with E-state index in [1.54, 1.807) is 24.3 Å². The van der Waals surface area contributed by atoms with Crippen molar-refractivity contribution in [1.82, 2.24) is 25.3 Å². The molecule has 2 aliphatic rings. The molecule has 0 bridgehead atoms. The number of benzene rings is 2. The Hall–Kier alpha value is -4.17. The first kappa shape index (κ1) is 28.4. The fraction of sp³-hybridized carbons (Fsp3) is 0.364. The molecule has 1 aliphatic carbocycles. The normalized spacial score (nSPS) is 16.2. The Morgan fingerprint density at radius 2 is 2.00 bits per heavy atom. The van der Waals surface area contributed by atoms with Gasteiger partial charge in [-0.3, -0.25) is 14.7 Å². The summed E-state index contributed by atoms with van der Waals surface area (Å²) in [5.74, 6) is 0.279. The van der Waals surface area contributed by atoms with Gasteiger partial charge in [-0.05, 0) is 74.7 Å². The van der Waals surface area contributed by atoms with Gasteiger partial charge < -0.3 is 20.2 Å². The monoisotopic (exact) mass is 553 g/mol. The summed E-state index contributed by atoms with van der Waals surface area (Å²) in [6.07, 6.45) is 9.58. The van der Waals surface area contributed by atoms with E-state index in [1.807, 2.05) is 30.0 Å². The zero-order valence-electron chi connectivity index (χ0n) is 23.8. The number of amides is 2. The van der Waals surface area contributed by atoms with Crippen LogP contribution in [0, 0.1) is 0 Å². The molecule has 1 aromatic heterocycles. The van der Waals surface area contributed by atoms with Gasteiger partial charge >= 0.3 is 0 Å². The maximum atomic E-state index is 12.9. The Morgan fingerprint density at radius 1 is 1.17 bits per heavy atom. The Morgan fingerprint density at radius 3 is 2.73 bits per heavy atom. The fourth-order valence-electron chi connectivity index (χ4n) is 5.22. The third-order valence-corrected chi connectivity index (χ3v) is 7.75. The molecule has 214 valence electrons. The number of nitrogens with one attached hydrogen (secondary N) is 2. The first-order valence-electron chi connectivity index (χ1n) is 14.4. The number of nitrogens with zero attached hydrogens (tertiary/aromatic N) is 3. The molecule has 1 fully saturated rings. The van der Waals surface area contributed by atoms with Crippen LogP contribution in [0.15, 0.2) is 72.8 Å². The predicted octanol–water partition coefficient (Wildman–Crippen LogP) is 4.48. The number of phenolic OH excluding ortho intramolecular Hbond substituents is 1. The number of carbonyl (C=O) groups excluding carboxylic acids is 2. The summed E-state index contributed by atoms with van der Waals surface area (Å²) in [7, 11) is 3.96. The van der Waals surface area contributed by atoms with E-state index in [0.29, 0.717) is 32.0 Å². The Balaban J connectivity index is 1.31. The van der Waals surface area contributed by atoms with Crippen LogP contribution in [-0.2, 0) is 11.2 Å². The van der Waals surface area contributed by atoms with Crippen molar-refractivity contribution in [2.75, 3.05) is 40.3 Å². The van der Waals surface area contributed by atoms with Gasteiger partial charge in [0.1, 0.15) is 5.75 Å². The molecule has 2 heterocycles. The number of aromatic nitrogens is 2. The summed E-state index contributed by atoms with van der Waals surface area (Å²) in [4.78, 5) is 29.4. The number of aromatic hydroxyl groups is 1. The van der Waals surface area contributed by atoms with E-state index >= 15 is 0 Å². The van der Waals surface area contributed by atoms with Crippen molar-refractivity contribution in [2.24, 2.45) is 0 Å². The highest BCUT2D eigenvalue weighted by Crippen LogP contribution is 2.39. The van der Waals surface area contributed by atoms with Gasteiger partial charge in [0.05, 0.1) is 11.3 Å². The predicted molar refractivity (Wildman–Crippen MR) is 161 cm³/mol. The fourth-order valence-corrected chi connectivity index (χ4v) is 5.22. The van der Waals surface area contributed by atoms with Crippen molar-refractivity contribution >= 4 is 17.4 Å². The number of para-hydroxylation sites is 1. The third-order valence-electron chi connectivity index (χ3n) is 7.75. The van der Waals surface area contributed by atoms with Crippen LogP contribution in [-0.4, -0.2) is 77.2 Å². The Labute approximate surface area is 241 Å². The largest absolute Gasteiger partial charge is 0.507 e. The van der Waals surface area contributed by atoms with Gasteiger partial charge in [-0.15, -0.1) is 0 Å². The van der Waals surface area contributed by atoms with E-state index in [-0.39, 0.29) is 29.0 Å². The van der Waals surface area contributed by atoms with E-state index in [0.717, 1.165) is 35.5 Å². The second kappa shape index (κ2) is 13.0. The van der Waals surface area contributed by atoms with Crippen LogP contribution in [0.25, 0.3) is 5.57 Å². The summed E-state index contributed by atoms with van der Waals surface area (Å²) in [5.41, 5.74) is 5.91. The van der Waals surface area contributed by atoms with Crippen molar-refractivity contribution in [2.45, 2.75) is 37.5 Å². The summed E-state index contributed by atoms with van der Waals surface area (Å²) >= 11 is 0. The first-order valence-corrected chi connectivity index (χ1v) is 14.4. The van der Waals surface area contributed by atoms with Crippen molar-refractivity contribution in [3.05, 3.63) is 101 Å². The molecule has 1 aliphatic heterocycles. The van der Waals surface area contributed by atoms with Crippen LogP contribution >= 0.6 is 0 Å². The van der Waals surface area contributed by atoms with Gasteiger partial charge in [-0.25, -0.2) is 0 Å². The summed E-state index contributed by atoms with van der Waals surface area (Å²) in [6, 6.07) is 17.2. The maximum absolute atomic E-state index is 12.9. The number of rotatable bonds is 11. The quantitative estimate of drug-likeness (QED) is 0.304. The van der Waals surface area contributed by atoms with Crippen LogP contribution in [0.3, 0.4) is 0 Å². The lowest BCUT2D eigenvalue weighted by Gasteiger charge is -2.26. The Kier molecular flexibility index (Phi) is 8.99. The number of hydrogen-bond donors (Lipinski definition) is 3. The molecule has 0 spiro atoms. The van der Waals surface area contributed by atoms with Crippen molar-refractivity contribution in [3.63, 3.8) is 0 Å². The van der Waals surface area contributed by atoms with Crippen molar-refractivity contribution < 1.29 is 14.7 Å². The molecule has 8 nitrogen and oxygen atoms in total. The second-order valence-corrected chi connectivity index (χ2v) is 11.3. The van der Waals surface area contributed by atoms with E-state index in [9.17, 15) is 14.7 Å². The average Bonchev–Trinajstić information content (AvgIpc) is 3.73. The molecule has 41 heavy (non-hydrogen) atoms. The first-order chi connectivity index (χ1) is 19.9. The summed E-state index contributed by atoms with van der Waals surface area (Å²) in [5, 5.41) is 20.9. The minimum absolute atomic E-state index is 0.00126. The molecule has 3 aromatic rings. The molecule has 1 saturated carbocycles. The average molecular weight is 554 g/mol. The highest BCUT2D eigenvalue weighted by molar-refractivity contribution is 5.96. The smallest absolute Gasteiger partial charge is 0.255 e. The van der Waals surface area contributed by atoms with E-state index < -0.39 is 0 Å². The lowest BCUT2D eigenvalue weighted by atomic mass is 9.90. The molecule has 1 unspecified atom stereocenters. The molecule has 2 amide bonds. The lowest BCUT2D eigenvalue weighted by Crippen LogP contribution is -2.33. The molecule has 1 atom stereocenters.